The number of benzene rings is 2. The highest BCUT2D eigenvalue weighted by Crippen LogP contribution is 2.26. The molecule has 5 rings (SSSR count). The van der Waals surface area contributed by atoms with Gasteiger partial charge in [0, 0.05) is 36.7 Å². The summed E-state index contributed by atoms with van der Waals surface area (Å²) < 4.78 is 10.9. The topological polar surface area (TPSA) is 85.3 Å². The first kappa shape index (κ1) is 20.2. The standard InChI is InChI=1S/C25H24N4O3/c1-17-8-5-6-12-20(17)24-26-23(32-28-24)14-18-9-7-13-29(16-18)25(30)21-15-22(31-27-21)19-10-3-2-4-11-19/h2-6,8,10-12,15,18H,7,9,13-14,16H2,1H3. The first-order valence-corrected chi connectivity index (χ1v) is 10.9. The summed E-state index contributed by atoms with van der Waals surface area (Å²) in [5.41, 5.74) is 3.32. The summed E-state index contributed by atoms with van der Waals surface area (Å²) in [7, 11) is 0. The van der Waals surface area contributed by atoms with Crippen molar-refractivity contribution in [3.63, 3.8) is 0 Å². The number of hydrogen-bond acceptors (Lipinski definition) is 6. The number of rotatable bonds is 5. The second-order valence-corrected chi connectivity index (χ2v) is 8.23. The van der Waals surface area contributed by atoms with E-state index in [-0.39, 0.29) is 11.8 Å². The van der Waals surface area contributed by atoms with Crippen LogP contribution in [0.2, 0.25) is 0 Å². The SMILES string of the molecule is Cc1ccccc1-c1noc(CC2CCCN(C(=O)c3cc(-c4ccccc4)on3)C2)n1. The number of amides is 1. The zero-order valence-electron chi connectivity index (χ0n) is 17.9. The smallest absolute Gasteiger partial charge is 0.276 e. The first-order valence-electron chi connectivity index (χ1n) is 10.9. The van der Waals surface area contributed by atoms with E-state index in [1.165, 1.54) is 0 Å². The molecular formula is C25H24N4O3. The normalized spacial score (nSPS) is 16.3. The van der Waals surface area contributed by atoms with E-state index in [1.807, 2.05) is 66.4 Å². The minimum Gasteiger partial charge on any atom is -0.355 e. The van der Waals surface area contributed by atoms with Crippen molar-refractivity contribution in [3.8, 4) is 22.7 Å². The Morgan fingerprint density at radius 1 is 1.06 bits per heavy atom. The van der Waals surface area contributed by atoms with Gasteiger partial charge in [-0.15, -0.1) is 0 Å². The van der Waals surface area contributed by atoms with E-state index in [0.29, 0.717) is 42.7 Å². The van der Waals surface area contributed by atoms with Gasteiger partial charge in [-0.05, 0) is 31.2 Å². The third kappa shape index (κ3) is 4.19. The summed E-state index contributed by atoms with van der Waals surface area (Å²) in [6.45, 7) is 3.37. The van der Waals surface area contributed by atoms with Crippen LogP contribution in [0.5, 0.6) is 0 Å². The largest absolute Gasteiger partial charge is 0.355 e. The van der Waals surface area contributed by atoms with E-state index in [9.17, 15) is 4.79 Å². The van der Waals surface area contributed by atoms with Gasteiger partial charge in [0.1, 0.15) is 0 Å². The third-order valence-corrected chi connectivity index (χ3v) is 5.91. The summed E-state index contributed by atoms with van der Waals surface area (Å²) in [5, 5.41) is 8.17. The molecule has 0 aliphatic carbocycles. The number of hydrogen-bond donors (Lipinski definition) is 0. The molecule has 1 aliphatic rings. The molecule has 0 radical (unpaired) electrons. The highest BCUT2D eigenvalue weighted by atomic mass is 16.5. The number of carbonyl (C=O) groups excluding carboxylic acids is 1. The van der Waals surface area contributed by atoms with Crippen LogP contribution in [0.1, 0.15) is 34.8 Å². The number of likely N-dealkylation sites (tertiary alicyclic amines) is 1. The molecule has 162 valence electrons. The molecule has 0 saturated carbocycles. The maximum Gasteiger partial charge on any atom is 0.276 e. The predicted molar refractivity (Wildman–Crippen MR) is 119 cm³/mol. The molecule has 32 heavy (non-hydrogen) atoms. The molecule has 2 aromatic carbocycles. The Balaban J connectivity index is 1.25. The number of nitrogens with zero attached hydrogens (tertiary/aromatic N) is 4. The average Bonchev–Trinajstić information content (AvgIpc) is 3.50. The fourth-order valence-electron chi connectivity index (χ4n) is 4.21. The Hall–Kier alpha value is -3.74. The van der Waals surface area contributed by atoms with Gasteiger partial charge >= 0.3 is 0 Å². The minimum atomic E-state index is -0.105. The van der Waals surface area contributed by atoms with Crippen molar-refractivity contribution in [2.45, 2.75) is 26.2 Å². The maximum absolute atomic E-state index is 13.0. The molecule has 7 nitrogen and oxygen atoms in total. The summed E-state index contributed by atoms with van der Waals surface area (Å²) in [6.07, 6.45) is 2.59. The number of aromatic nitrogens is 3. The van der Waals surface area contributed by atoms with Crippen LogP contribution in [-0.4, -0.2) is 39.2 Å². The summed E-state index contributed by atoms with van der Waals surface area (Å²) in [4.78, 5) is 19.5. The Bertz CT molecular complexity index is 1210. The predicted octanol–water partition coefficient (Wildman–Crippen LogP) is 4.79. The van der Waals surface area contributed by atoms with Crippen LogP contribution in [0, 0.1) is 12.8 Å². The second kappa shape index (κ2) is 8.78. The zero-order chi connectivity index (χ0) is 21.9. The van der Waals surface area contributed by atoms with Gasteiger partial charge in [-0.2, -0.15) is 4.98 Å². The van der Waals surface area contributed by atoms with Crippen LogP contribution in [-0.2, 0) is 6.42 Å². The van der Waals surface area contributed by atoms with E-state index in [4.69, 9.17) is 9.05 Å². The summed E-state index contributed by atoms with van der Waals surface area (Å²) in [5.74, 6) is 1.97. The van der Waals surface area contributed by atoms with Crippen LogP contribution in [0.25, 0.3) is 22.7 Å². The van der Waals surface area contributed by atoms with Gasteiger partial charge in [0.15, 0.2) is 11.5 Å². The van der Waals surface area contributed by atoms with E-state index in [2.05, 4.69) is 15.3 Å². The fourth-order valence-corrected chi connectivity index (χ4v) is 4.21. The molecule has 1 saturated heterocycles. The van der Waals surface area contributed by atoms with Crippen molar-refractivity contribution in [3.05, 3.63) is 77.8 Å². The van der Waals surface area contributed by atoms with Crippen LogP contribution in [0.15, 0.2) is 69.7 Å². The molecule has 0 N–H and O–H groups in total. The van der Waals surface area contributed by atoms with E-state index in [1.54, 1.807) is 6.07 Å². The molecule has 0 bridgehead atoms. The molecule has 4 aromatic rings. The molecular weight excluding hydrogens is 404 g/mol. The van der Waals surface area contributed by atoms with Crippen molar-refractivity contribution in [1.82, 2.24) is 20.2 Å². The van der Waals surface area contributed by atoms with E-state index >= 15 is 0 Å². The van der Waals surface area contributed by atoms with Crippen LogP contribution in [0.3, 0.4) is 0 Å². The Morgan fingerprint density at radius 2 is 1.88 bits per heavy atom. The highest BCUT2D eigenvalue weighted by Gasteiger charge is 2.28. The minimum absolute atomic E-state index is 0.105. The van der Waals surface area contributed by atoms with E-state index < -0.39 is 0 Å². The van der Waals surface area contributed by atoms with Crippen molar-refractivity contribution >= 4 is 5.91 Å². The summed E-state index contributed by atoms with van der Waals surface area (Å²) >= 11 is 0. The lowest BCUT2D eigenvalue weighted by Crippen LogP contribution is -2.40. The molecule has 7 heteroatoms. The molecule has 1 aliphatic heterocycles. The molecule has 1 amide bonds. The molecule has 1 atom stereocenters. The van der Waals surface area contributed by atoms with Gasteiger partial charge in [-0.1, -0.05) is 64.9 Å². The first-order chi connectivity index (χ1) is 15.7. The van der Waals surface area contributed by atoms with Gasteiger partial charge in [0.05, 0.1) is 0 Å². The molecule has 1 unspecified atom stereocenters. The molecule has 0 spiro atoms. The zero-order valence-corrected chi connectivity index (χ0v) is 17.9. The van der Waals surface area contributed by atoms with Crippen molar-refractivity contribution in [1.29, 1.82) is 0 Å². The molecule has 2 aromatic heterocycles. The van der Waals surface area contributed by atoms with Gasteiger partial charge in [0.2, 0.25) is 11.7 Å². The third-order valence-electron chi connectivity index (χ3n) is 5.91. The van der Waals surface area contributed by atoms with Gasteiger partial charge in [-0.3, -0.25) is 4.79 Å². The van der Waals surface area contributed by atoms with Gasteiger partial charge < -0.3 is 13.9 Å². The van der Waals surface area contributed by atoms with Gasteiger partial charge in [0.25, 0.3) is 5.91 Å². The molecule has 1 fully saturated rings. The van der Waals surface area contributed by atoms with Crippen molar-refractivity contribution in [2.24, 2.45) is 5.92 Å². The average molecular weight is 428 g/mol. The van der Waals surface area contributed by atoms with Gasteiger partial charge in [-0.25, -0.2) is 0 Å². The van der Waals surface area contributed by atoms with Crippen LogP contribution in [0.4, 0.5) is 0 Å². The van der Waals surface area contributed by atoms with Crippen molar-refractivity contribution in [2.75, 3.05) is 13.1 Å². The fraction of sp³-hybridized carbons (Fsp3) is 0.280. The second-order valence-electron chi connectivity index (χ2n) is 8.23. The molecule has 3 heterocycles. The Kier molecular flexibility index (Phi) is 5.54. The Labute approximate surface area is 186 Å². The van der Waals surface area contributed by atoms with Crippen LogP contribution < -0.4 is 0 Å². The maximum atomic E-state index is 13.0. The Morgan fingerprint density at radius 3 is 2.72 bits per heavy atom. The highest BCUT2D eigenvalue weighted by molar-refractivity contribution is 5.93. The lowest BCUT2D eigenvalue weighted by molar-refractivity contribution is 0.0658. The monoisotopic (exact) mass is 428 g/mol. The van der Waals surface area contributed by atoms with Crippen LogP contribution >= 0.6 is 0 Å². The number of aryl methyl sites for hydroxylation is 1. The van der Waals surface area contributed by atoms with E-state index in [0.717, 1.165) is 29.5 Å². The van der Waals surface area contributed by atoms with Crippen molar-refractivity contribution < 1.29 is 13.8 Å². The lowest BCUT2D eigenvalue weighted by atomic mass is 9.94. The lowest BCUT2D eigenvalue weighted by Gasteiger charge is -2.31. The quantitative estimate of drug-likeness (QED) is 0.454. The number of piperidine rings is 1. The number of carbonyl (C=O) groups is 1. The summed E-state index contributed by atoms with van der Waals surface area (Å²) in [6, 6.07) is 19.4.